The molecular formula is C34H30O2Si2. The van der Waals surface area contributed by atoms with E-state index in [9.17, 15) is 0 Å². The molecule has 0 aliphatic rings. The first-order valence-corrected chi connectivity index (χ1v) is 14.7. The summed E-state index contributed by atoms with van der Waals surface area (Å²) in [5, 5.41) is 2.40. The fourth-order valence-corrected chi connectivity index (χ4v) is 5.97. The van der Waals surface area contributed by atoms with Crippen molar-refractivity contribution in [2.45, 2.75) is 11.8 Å². The van der Waals surface area contributed by atoms with Crippen LogP contribution in [-0.4, -0.2) is 32.7 Å². The summed E-state index contributed by atoms with van der Waals surface area (Å²) in [4.78, 5) is 0. The van der Waals surface area contributed by atoms with Gasteiger partial charge in [-0.2, -0.15) is 0 Å². The van der Waals surface area contributed by atoms with Gasteiger partial charge in [0.15, 0.2) is 0 Å². The van der Waals surface area contributed by atoms with E-state index in [1.54, 1.807) is 0 Å². The van der Waals surface area contributed by atoms with E-state index < -0.39 is 0 Å². The van der Waals surface area contributed by atoms with E-state index in [1.807, 2.05) is 0 Å². The van der Waals surface area contributed by atoms with E-state index in [2.05, 4.69) is 146 Å². The van der Waals surface area contributed by atoms with Crippen LogP contribution in [0.3, 0.4) is 0 Å². The first-order valence-electron chi connectivity index (χ1n) is 12.9. The monoisotopic (exact) mass is 526 g/mol. The second-order valence-corrected chi connectivity index (χ2v) is 11.3. The summed E-state index contributed by atoms with van der Waals surface area (Å²) in [6.07, 6.45) is 0. The Kier molecular flexibility index (Phi) is 9.50. The third kappa shape index (κ3) is 7.27. The highest BCUT2D eigenvalue weighted by atomic mass is 28.2. The molecule has 5 rings (SSSR count). The lowest BCUT2D eigenvalue weighted by Gasteiger charge is -2.18. The van der Waals surface area contributed by atoms with Crippen LogP contribution < -0.4 is 10.4 Å². The summed E-state index contributed by atoms with van der Waals surface area (Å²) in [5.74, 6) is 0.447. The molecule has 0 atom stereocenters. The van der Waals surface area contributed by atoms with E-state index >= 15 is 0 Å². The quantitative estimate of drug-likeness (QED) is 0.189. The fraction of sp³-hybridized carbons (Fsp3) is 0.118. The lowest BCUT2D eigenvalue weighted by Crippen LogP contribution is -2.25. The number of hydrogen-bond acceptors (Lipinski definition) is 2. The first-order chi connectivity index (χ1) is 18.9. The summed E-state index contributed by atoms with van der Waals surface area (Å²) in [6.45, 7) is 1.30. The molecular weight excluding hydrogens is 497 g/mol. The molecule has 0 spiro atoms. The van der Waals surface area contributed by atoms with Gasteiger partial charge < -0.3 is 8.85 Å². The Morgan fingerprint density at radius 1 is 0.368 bits per heavy atom. The van der Waals surface area contributed by atoms with Crippen LogP contribution in [-0.2, 0) is 8.85 Å². The minimum Gasteiger partial charge on any atom is -0.410 e. The summed E-state index contributed by atoms with van der Waals surface area (Å²) in [5.41, 5.74) is 5.12. The van der Waals surface area contributed by atoms with Gasteiger partial charge in [0.1, 0.15) is 0 Å². The molecule has 5 aromatic rings. The van der Waals surface area contributed by atoms with E-state index in [0.29, 0.717) is 32.7 Å². The highest BCUT2D eigenvalue weighted by molar-refractivity contribution is 6.49. The zero-order valence-electron chi connectivity index (χ0n) is 21.2. The summed E-state index contributed by atoms with van der Waals surface area (Å²) in [6, 6.07) is 51.1. The molecule has 0 fully saturated rings. The van der Waals surface area contributed by atoms with Crippen molar-refractivity contribution in [3.63, 3.8) is 0 Å². The van der Waals surface area contributed by atoms with Crippen LogP contribution in [0, 0.1) is 0 Å². The number of benzene rings is 5. The molecule has 5 aromatic carbocycles. The van der Waals surface area contributed by atoms with Crippen molar-refractivity contribution in [3.8, 4) is 0 Å². The molecule has 4 radical (unpaired) electrons. The van der Waals surface area contributed by atoms with Gasteiger partial charge in [-0.05, 0) is 32.6 Å². The largest absolute Gasteiger partial charge is 0.410 e. The molecule has 186 valence electrons. The standard InChI is InChI=1S/C34H30O2Si2/c1-5-13-27(14-6-1)33(28-15-7-2-8-16-28)25-35-37-31-21-23-32(24-22-31)38-36-26-34(29-17-9-3-10-18-29)30-19-11-4-12-20-30/h1-24,33-34H,25-26H2. The topological polar surface area (TPSA) is 18.5 Å². The van der Waals surface area contributed by atoms with Crippen LogP contribution in [0.4, 0.5) is 0 Å². The number of hydrogen-bond donors (Lipinski definition) is 0. The lowest BCUT2D eigenvalue weighted by atomic mass is 9.92. The average Bonchev–Trinajstić information content (AvgIpc) is 3.00. The molecule has 2 nitrogen and oxygen atoms in total. The molecule has 0 heterocycles. The van der Waals surface area contributed by atoms with Crippen molar-refractivity contribution in [2.75, 3.05) is 13.2 Å². The van der Waals surface area contributed by atoms with Crippen LogP contribution in [0.2, 0.25) is 0 Å². The predicted octanol–water partition coefficient (Wildman–Crippen LogP) is 5.87. The van der Waals surface area contributed by atoms with Gasteiger partial charge in [0, 0.05) is 25.0 Å². The zero-order chi connectivity index (χ0) is 25.8. The summed E-state index contributed by atoms with van der Waals surface area (Å²) < 4.78 is 12.5. The Hall–Kier alpha value is -3.55. The van der Waals surface area contributed by atoms with Crippen LogP contribution in [0.15, 0.2) is 146 Å². The predicted molar refractivity (Wildman–Crippen MR) is 159 cm³/mol. The number of rotatable bonds is 12. The molecule has 0 bridgehead atoms. The van der Waals surface area contributed by atoms with Crippen molar-refractivity contribution in [2.24, 2.45) is 0 Å². The van der Waals surface area contributed by atoms with Crippen molar-refractivity contribution in [1.29, 1.82) is 0 Å². The highest BCUT2D eigenvalue weighted by Crippen LogP contribution is 2.25. The molecule has 0 unspecified atom stereocenters. The van der Waals surface area contributed by atoms with Crippen molar-refractivity contribution < 1.29 is 8.85 Å². The summed E-state index contributed by atoms with van der Waals surface area (Å²) in [7, 11) is 0.613. The Morgan fingerprint density at radius 2 is 0.632 bits per heavy atom. The maximum atomic E-state index is 6.24. The van der Waals surface area contributed by atoms with Gasteiger partial charge in [0.25, 0.3) is 19.5 Å². The van der Waals surface area contributed by atoms with Gasteiger partial charge in [-0.1, -0.05) is 146 Å². The van der Waals surface area contributed by atoms with Gasteiger partial charge >= 0.3 is 0 Å². The molecule has 4 heteroatoms. The Bertz CT molecular complexity index is 1160. The van der Waals surface area contributed by atoms with Crippen LogP contribution in [0.5, 0.6) is 0 Å². The highest BCUT2D eigenvalue weighted by Gasteiger charge is 2.16. The second-order valence-electron chi connectivity index (χ2n) is 9.15. The third-order valence-corrected chi connectivity index (χ3v) is 8.33. The normalized spacial score (nSPS) is 11.2. The fourth-order valence-electron chi connectivity index (χ4n) is 4.53. The van der Waals surface area contributed by atoms with Crippen molar-refractivity contribution >= 4 is 29.9 Å². The smallest absolute Gasteiger partial charge is 0.268 e. The zero-order valence-corrected chi connectivity index (χ0v) is 23.2. The van der Waals surface area contributed by atoms with Gasteiger partial charge in [0.05, 0.1) is 0 Å². The van der Waals surface area contributed by atoms with E-state index in [4.69, 9.17) is 8.85 Å². The Morgan fingerprint density at radius 3 is 0.895 bits per heavy atom. The molecule has 0 amide bonds. The molecule has 38 heavy (non-hydrogen) atoms. The van der Waals surface area contributed by atoms with Crippen LogP contribution in [0.25, 0.3) is 0 Å². The first kappa shape index (κ1) is 26.1. The molecule has 0 N–H and O–H groups in total. The Labute approximate surface area is 231 Å². The molecule has 0 aromatic heterocycles. The summed E-state index contributed by atoms with van der Waals surface area (Å²) >= 11 is 0. The SMILES string of the molecule is c1ccc(C(CO[Si]c2ccc([Si]OCC(c3ccccc3)c3ccccc3)cc2)c2ccccc2)cc1. The van der Waals surface area contributed by atoms with E-state index in [0.717, 1.165) is 0 Å². The van der Waals surface area contributed by atoms with Gasteiger partial charge in [-0.25, -0.2) is 0 Å². The van der Waals surface area contributed by atoms with Gasteiger partial charge in [-0.3, -0.25) is 0 Å². The minimum atomic E-state index is 0.223. The second kappa shape index (κ2) is 13.8. The van der Waals surface area contributed by atoms with E-state index in [-0.39, 0.29) is 11.8 Å². The third-order valence-electron chi connectivity index (χ3n) is 6.57. The maximum Gasteiger partial charge on any atom is 0.268 e. The molecule has 0 aliphatic carbocycles. The average molecular weight is 527 g/mol. The Balaban J connectivity index is 1.15. The molecule has 0 saturated heterocycles. The van der Waals surface area contributed by atoms with Gasteiger partial charge in [-0.15, -0.1) is 0 Å². The lowest BCUT2D eigenvalue weighted by molar-refractivity contribution is 0.325. The minimum absolute atomic E-state index is 0.223. The maximum absolute atomic E-state index is 6.24. The molecule has 0 aliphatic heterocycles. The van der Waals surface area contributed by atoms with Crippen LogP contribution in [0.1, 0.15) is 34.1 Å². The van der Waals surface area contributed by atoms with Crippen molar-refractivity contribution in [3.05, 3.63) is 168 Å². The van der Waals surface area contributed by atoms with Crippen LogP contribution >= 0.6 is 0 Å². The molecule has 0 saturated carbocycles. The van der Waals surface area contributed by atoms with Gasteiger partial charge in [0.2, 0.25) is 0 Å². The van der Waals surface area contributed by atoms with Crippen molar-refractivity contribution in [1.82, 2.24) is 0 Å². The van der Waals surface area contributed by atoms with E-state index in [1.165, 1.54) is 32.6 Å².